The van der Waals surface area contributed by atoms with Crippen LogP contribution in [0.15, 0.2) is 24.3 Å². The minimum Gasteiger partial charge on any atom is -0.495 e. The summed E-state index contributed by atoms with van der Waals surface area (Å²) in [6.07, 6.45) is 0. The third kappa shape index (κ3) is 4.56. The van der Waals surface area contributed by atoms with E-state index in [9.17, 15) is 4.79 Å². The van der Waals surface area contributed by atoms with Crippen molar-refractivity contribution in [1.29, 1.82) is 0 Å². The van der Waals surface area contributed by atoms with Gasteiger partial charge in [-0.05, 0) is 45.0 Å². The van der Waals surface area contributed by atoms with Crippen LogP contribution in [0.3, 0.4) is 0 Å². The zero-order valence-electron chi connectivity index (χ0n) is 13.5. The third-order valence-electron chi connectivity index (χ3n) is 2.91. The largest absolute Gasteiger partial charge is 0.495 e. The van der Waals surface area contributed by atoms with Gasteiger partial charge in [-0.3, -0.25) is 4.79 Å². The minimum atomic E-state index is -0.358. The van der Waals surface area contributed by atoms with Crippen LogP contribution >= 0.6 is 11.6 Å². The number of hydrogen-bond donors (Lipinski definition) is 2. The Morgan fingerprint density at radius 3 is 2.65 bits per heavy atom. The summed E-state index contributed by atoms with van der Waals surface area (Å²) in [4.78, 5) is 21.0. The van der Waals surface area contributed by atoms with Gasteiger partial charge in [-0.25, -0.2) is 9.97 Å². The monoisotopic (exact) mass is 334 g/mol. The van der Waals surface area contributed by atoms with Crippen LogP contribution < -0.4 is 15.4 Å². The maximum atomic E-state index is 12.5. The second-order valence-electron chi connectivity index (χ2n) is 5.32. The van der Waals surface area contributed by atoms with Gasteiger partial charge in [0.15, 0.2) is 0 Å². The molecule has 2 aromatic rings. The Morgan fingerprint density at radius 1 is 1.26 bits per heavy atom. The van der Waals surface area contributed by atoms with E-state index in [1.54, 1.807) is 24.3 Å². The number of carbonyl (C=O) groups excluding carboxylic acids is 1. The summed E-state index contributed by atoms with van der Waals surface area (Å²) in [5.41, 5.74) is 1.45. The maximum absolute atomic E-state index is 12.5. The average molecular weight is 335 g/mol. The van der Waals surface area contributed by atoms with Crippen LogP contribution in [0.5, 0.6) is 5.75 Å². The number of methoxy groups -OCH3 is 1. The third-order valence-corrected chi connectivity index (χ3v) is 3.15. The van der Waals surface area contributed by atoms with Gasteiger partial charge in [0.25, 0.3) is 5.91 Å². The molecule has 7 heteroatoms. The van der Waals surface area contributed by atoms with E-state index in [4.69, 9.17) is 16.3 Å². The molecule has 2 N–H and O–H groups in total. The number of rotatable bonds is 5. The molecular weight excluding hydrogens is 316 g/mol. The number of nitrogens with zero attached hydrogens (tertiary/aromatic N) is 2. The lowest BCUT2D eigenvalue weighted by Gasteiger charge is -2.12. The number of halogens is 1. The highest BCUT2D eigenvalue weighted by molar-refractivity contribution is 6.31. The van der Waals surface area contributed by atoms with Crippen molar-refractivity contribution in [2.24, 2.45) is 0 Å². The molecule has 0 spiro atoms. The predicted molar refractivity (Wildman–Crippen MR) is 91.5 cm³/mol. The van der Waals surface area contributed by atoms with Crippen molar-refractivity contribution in [2.75, 3.05) is 17.7 Å². The van der Waals surface area contributed by atoms with Crippen molar-refractivity contribution in [1.82, 2.24) is 9.97 Å². The Labute approximate surface area is 140 Å². The summed E-state index contributed by atoms with van der Waals surface area (Å²) in [7, 11) is 1.53. The molecule has 0 bridgehead atoms. The smallest absolute Gasteiger partial charge is 0.274 e. The fraction of sp³-hybridized carbons (Fsp3) is 0.312. The van der Waals surface area contributed by atoms with Gasteiger partial charge in [0.05, 0.1) is 12.8 Å². The molecule has 1 amide bonds. The number of nitrogens with one attached hydrogen (secondary N) is 2. The Hall–Kier alpha value is -2.34. The molecule has 0 fully saturated rings. The first-order valence-electron chi connectivity index (χ1n) is 7.16. The molecule has 122 valence electrons. The molecule has 2 rings (SSSR count). The molecule has 1 heterocycles. The zero-order chi connectivity index (χ0) is 17.0. The van der Waals surface area contributed by atoms with E-state index in [1.807, 2.05) is 20.8 Å². The van der Waals surface area contributed by atoms with Gasteiger partial charge in [-0.2, -0.15) is 0 Å². The highest BCUT2D eigenvalue weighted by Gasteiger charge is 2.14. The lowest BCUT2D eigenvalue weighted by atomic mass is 10.2. The number of ether oxygens (including phenoxy) is 1. The first-order chi connectivity index (χ1) is 10.9. The molecule has 1 aromatic carbocycles. The first kappa shape index (κ1) is 17.0. The van der Waals surface area contributed by atoms with Crippen molar-refractivity contribution in [3.05, 3.63) is 40.7 Å². The number of aryl methyl sites for hydroxylation is 1. The molecule has 6 nitrogen and oxygen atoms in total. The van der Waals surface area contributed by atoms with E-state index in [1.165, 1.54) is 7.11 Å². The van der Waals surface area contributed by atoms with Crippen molar-refractivity contribution < 1.29 is 9.53 Å². The van der Waals surface area contributed by atoms with E-state index in [2.05, 4.69) is 20.6 Å². The molecule has 0 aliphatic heterocycles. The second kappa shape index (κ2) is 7.28. The molecule has 0 saturated heterocycles. The lowest BCUT2D eigenvalue weighted by Crippen LogP contribution is -2.18. The van der Waals surface area contributed by atoms with Crippen LogP contribution in [-0.2, 0) is 0 Å². The summed E-state index contributed by atoms with van der Waals surface area (Å²) in [5.74, 6) is 0.583. The van der Waals surface area contributed by atoms with Crippen LogP contribution in [0.2, 0.25) is 5.02 Å². The highest BCUT2D eigenvalue weighted by atomic mass is 35.5. The van der Waals surface area contributed by atoms with Gasteiger partial charge in [0.2, 0.25) is 5.95 Å². The summed E-state index contributed by atoms with van der Waals surface area (Å²) in [6, 6.07) is 6.79. The molecule has 0 atom stereocenters. The Balaban J connectivity index is 2.27. The van der Waals surface area contributed by atoms with Crippen molar-refractivity contribution in [3.63, 3.8) is 0 Å². The summed E-state index contributed by atoms with van der Waals surface area (Å²) >= 11 is 5.97. The van der Waals surface area contributed by atoms with Crippen molar-refractivity contribution in [2.45, 2.75) is 26.8 Å². The zero-order valence-corrected chi connectivity index (χ0v) is 14.2. The first-order valence-corrected chi connectivity index (χ1v) is 7.54. The van der Waals surface area contributed by atoms with Gasteiger partial charge >= 0.3 is 0 Å². The van der Waals surface area contributed by atoms with Gasteiger partial charge in [0.1, 0.15) is 11.4 Å². The Morgan fingerprint density at radius 2 is 2.00 bits per heavy atom. The fourth-order valence-corrected chi connectivity index (χ4v) is 2.14. The van der Waals surface area contributed by atoms with Crippen LogP contribution in [0.1, 0.15) is 30.0 Å². The standard InChI is InChI=1S/C16H19ClN4O2/c1-9(2)18-16-19-10(3)7-13(21-16)15(22)20-12-8-11(17)5-6-14(12)23-4/h5-9H,1-4H3,(H,20,22)(H,18,19,21). The lowest BCUT2D eigenvalue weighted by molar-refractivity contribution is 0.102. The fourth-order valence-electron chi connectivity index (χ4n) is 1.97. The van der Waals surface area contributed by atoms with Crippen LogP contribution in [-0.4, -0.2) is 29.0 Å². The van der Waals surface area contributed by atoms with Gasteiger partial charge in [-0.15, -0.1) is 0 Å². The summed E-state index contributed by atoms with van der Waals surface area (Å²) in [6.45, 7) is 5.76. The Bertz CT molecular complexity index is 719. The van der Waals surface area contributed by atoms with E-state index in [0.717, 1.165) is 0 Å². The number of amides is 1. The van der Waals surface area contributed by atoms with Crippen molar-refractivity contribution in [3.8, 4) is 5.75 Å². The molecule has 0 saturated carbocycles. The van der Waals surface area contributed by atoms with Crippen LogP contribution in [0, 0.1) is 6.92 Å². The molecule has 0 aliphatic carbocycles. The van der Waals surface area contributed by atoms with Gasteiger partial charge < -0.3 is 15.4 Å². The maximum Gasteiger partial charge on any atom is 0.274 e. The van der Waals surface area contributed by atoms with E-state index < -0.39 is 0 Å². The number of benzene rings is 1. The van der Waals surface area contributed by atoms with E-state index in [0.29, 0.717) is 28.1 Å². The molecule has 0 unspecified atom stereocenters. The van der Waals surface area contributed by atoms with Crippen LogP contribution in [0.25, 0.3) is 0 Å². The molecule has 0 aliphatic rings. The molecule has 1 aromatic heterocycles. The summed E-state index contributed by atoms with van der Waals surface area (Å²) in [5, 5.41) is 6.35. The molecular formula is C16H19ClN4O2. The SMILES string of the molecule is COc1ccc(Cl)cc1NC(=O)c1cc(C)nc(NC(C)C)n1. The molecule has 23 heavy (non-hydrogen) atoms. The van der Waals surface area contributed by atoms with Gasteiger partial charge in [0, 0.05) is 16.8 Å². The van der Waals surface area contributed by atoms with Crippen molar-refractivity contribution >= 4 is 29.1 Å². The Kier molecular flexibility index (Phi) is 5.39. The average Bonchev–Trinajstić information content (AvgIpc) is 2.46. The topological polar surface area (TPSA) is 76.1 Å². The van der Waals surface area contributed by atoms with E-state index >= 15 is 0 Å². The van der Waals surface area contributed by atoms with E-state index in [-0.39, 0.29) is 17.6 Å². The number of hydrogen-bond acceptors (Lipinski definition) is 5. The molecule has 0 radical (unpaired) electrons. The predicted octanol–water partition coefficient (Wildman–Crippen LogP) is 3.52. The highest BCUT2D eigenvalue weighted by Crippen LogP contribution is 2.28. The normalized spacial score (nSPS) is 10.5. The minimum absolute atomic E-state index is 0.167. The quantitative estimate of drug-likeness (QED) is 0.875. The van der Waals surface area contributed by atoms with Gasteiger partial charge in [-0.1, -0.05) is 11.6 Å². The number of anilines is 2. The van der Waals surface area contributed by atoms with Crippen LogP contribution in [0.4, 0.5) is 11.6 Å². The number of aromatic nitrogens is 2. The second-order valence-corrected chi connectivity index (χ2v) is 5.75. The number of carbonyl (C=O) groups is 1. The summed E-state index contributed by atoms with van der Waals surface area (Å²) < 4.78 is 5.22.